The van der Waals surface area contributed by atoms with Gasteiger partial charge in [-0.25, -0.2) is 4.42 Å². The van der Waals surface area contributed by atoms with E-state index in [1.165, 1.54) is 5.56 Å². The predicted octanol–water partition coefficient (Wildman–Crippen LogP) is 9.82. The van der Waals surface area contributed by atoms with Crippen molar-refractivity contribution < 1.29 is 13.6 Å². The van der Waals surface area contributed by atoms with Gasteiger partial charge in [0.25, 0.3) is 0 Å². The van der Waals surface area contributed by atoms with Crippen molar-refractivity contribution in [3.8, 4) is 22.5 Å². The van der Waals surface area contributed by atoms with Crippen LogP contribution in [0.25, 0.3) is 34.6 Å². The van der Waals surface area contributed by atoms with Gasteiger partial charge in [0.05, 0.1) is 17.7 Å². The molecule has 0 saturated carbocycles. The molecule has 6 heteroatoms. The van der Waals surface area contributed by atoms with Crippen LogP contribution in [0.3, 0.4) is 0 Å². The summed E-state index contributed by atoms with van der Waals surface area (Å²) >= 11 is 0. The predicted molar refractivity (Wildman–Crippen MR) is 133 cm³/mol. The van der Waals surface area contributed by atoms with Crippen molar-refractivity contribution in [2.75, 3.05) is 0 Å². The van der Waals surface area contributed by atoms with Crippen LogP contribution in [-0.2, 0) is 9.20 Å². The van der Waals surface area contributed by atoms with Crippen LogP contribution < -0.4 is 0 Å². The van der Waals surface area contributed by atoms with E-state index < -0.39 is 9.20 Å². The van der Waals surface area contributed by atoms with Crippen LogP contribution in [0.15, 0.2) is 108 Å². The maximum atomic E-state index is 6.16. The molecule has 0 fully saturated rings. The van der Waals surface area contributed by atoms with Crippen molar-refractivity contribution in [3.63, 3.8) is 0 Å². The zero-order valence-corrected chi connectivity index (χ0v) is 20.4. The second kappa shape index (κ2) is 11.7. The summed E-state index contributed by atoms with van der Waals surface area (Å²) in [5.74, 6) is 1.69. The van der Waals surface area contributed by atoms with Crippen molar-refractivity contribution in [2.24, 2.45) is 0 Å². The molecule has 0 aliphatic carbocycles. The summed E-state index contributed by atoms with van der Waals surface area (Å²) in [6, 6.07) is 35.0. The molecule has 0 aliphatic heterocycles. The molecule has 0 radical (unpaired) electrons. The Hall–Kier alpha value is -1.77. The SMILES string of the molecule is C(=C\c1cc(-c2ccccc2)cc(-c2ccccc2)[o+]1)/c1ccccc1.[Cl][Fe-]([Cl])([Cl])[Cl]. The Morgan fingerprint density at radius 1 is 0.548 bits per heavy atom. The van der Waals surface area contributed by atoms with Crippen LogP contribution in [0, 0.1) is 0 Å². The van der Waals surface area contributed by atoms with Gasteiger partial charge in [0.1, 0.15) is 0 Å². The van der Waals surface area contributed by atoms with Gasteiger partial charge in [-0.05, 0) is 29.3 Å². The van der Waals surface area contributed by atoms with Gasteiger partial charge >= 0.3 is 61.1 Å². The number of rotatable bonds is 4. The summed E-state index contributed by atoms with van der Waals surface area (Å²) in [6.45, 7) is 0. The van der Waals surface area contributed by atoms with Gasteiger partial charge < -0.3 is 0 Å². The van der Waals surface area contributed by atoms with Crippen LogP contribution in [0.2, 0.25) is 0 Å². The Morgan fingerprint density at radius 2 is 1.03 bits per heavy atom. The summed E-state index contributed by atoms with van der Waals surface area (Å²) in [6.07, 6.45) is 4.09. The molecule has 0 N–H and O–H groups in total. The normalized spacial score (nSPS) is 11.6. The first-order valence-electron chi connectivity index (χ1n) is 9.24. The van der Waals surface area contributed by atoms with Gasteiger partial charge in [0.2, 0.25) is 0 Å². The fraction of sp³-hybridized carbons (Fsp3) is 0. The minimum absolute atomic E-state index is 0.828. The van der Waals surface area contributed by atoms with E-state index in [-0.39, 0.29) is 0 Å². The van der Waals surface area contributed by atoms with Crippen molar-refractivity contribution in [2.45, 2.75) is 0 Å². The molecule has 3 aromatic carbocycles. The summed E-state index contributed by atoms with van der Waals surface area (Å²) in [4.78, 5) is 0. The van der Waals surface area contributed by atoms with Crippen molar-refractivity contribution >= 4 is 52.5 Å². The molecule has 0 bridgehead atoms. The summed E-state index contributed by atoms with van der Waals surface area (Å²) in [5, 5.41) is 0. The molecule has 31 heavy (non-hydrogen) atoms. The quantitative estimate of drug-likeness (QED) is 0.188. The van der Waals surface area contributed by atoms with E-state index in [2.05, 4.69) is 66.7 Å². The molecule has 1 nitrogen and oxygen atoms in total. The Bertz CT molecular complexity index is 1050. The van der Waals surface area contributed by atoms with Gasteiger partial charge in [-0.15, -0.1) is 0 Å². The first-order valence-corrected chi connectivity index (χ1v) is 15.3. The van der Waals surface area contributed by atoms with Crippen LogP contribution in [0.4, 0.5) is 0 Å². The van der Waals surface area contributed by atoms with E-state index in [0.717, 1.165) is 28.2 Å². The van der Waals surface area contributed by atoms with Gasteiger partial charge in [0.15, 0.2) is 0 Å². The van der Waals surface area contributed by atoms with Crippen LogP contribution in [0.5, 0.6) is 0 Å². The van der Waals surface area contributed by atoms with Gasteiger partial charge in [-0.3, -0.25) is 0 Å². The molecule has 0 aliphatic rings. The van der Waals surface area contributed by atoms with E-state index in [9.17, 15) is 0 Å². The first kappa shape index (κ1) is 23.9. The number of hydrogen-bond donors (Lipinski definition) is 0. The maximum absolute atomic E-state index is 6.16. The fourth-order valence-electron chi connectivity index (χ4n) is 2.89. The summed E-state index contributed by atoms with van der Waals surface area (Å²) in [7, 11) is 17.2. The molecule has 0 saturated heterocycles. The third kappa shape index (κ3) is 8.71. The molecule has 4 rings (SSSR count). The third-order valence-electron chi connectivity index (χ3n) is 4.22. The summed E-state index contributed by atoms with van der Waals surface area (Å²) < 4.78 is 6.16. The van der Waals surface area contributed by atoms with Crippen LogP contribution in [0.1, 0.15) is 11.3 Å². The Labute approximate surface area is 202 Å². The molecule has 0 amide bonds. The van der Waals surface area contributed by atoms with Gasteiger partial charge in [-0.2, -0.15) is 0 Å². The number of benzene rings is 3. The third-order valence-corrected chi connectivity index (χ3v) is 4.22. The standard InChI is InChI=1S/C25H19O.4ClH.Fe/c1-4-10-20(11-5-1)16-17-24-18-23(21-12-6-2-7-13-21)19-25(26-24)22-14-8-3-9-15-22;;;;;/h1-19H;4*1H;/q+1;;;;;+3/p-4/b17-16+;;;;;. The van der Waals surface area contributed by atoms with Gasteiger partial charge in [0, 0.05) is 11.6 Å². The Morgan fingerprint density at radius 3 is 1.58 bits per heavy atom. The molecule has 0 unspecified atom stereocenters. The zero-order valence-electron chi connectivity index (χ0n) is 16.2. The second-order valence-corrected chi connectivity index (χ2v) is 17.3. The number of halogens is 4. The van der Waals surface area contributed by atoms with E-state index in [1.807, 2.05) is 48.5 Å². The average Bonchev–Trinajstić information content (AvgIpc) is 2.78. The van der Waals surface area contributed by atoms with Crippen LogP contribution >= 0.6 is 40.4 Å². The van der Waals surface area contributed by atoms with Crippen molar-refractivity contribution in [3.05, 3.63) is 114 Å². The molecular weight excluding hydrogens is 514 g/mol. The van der Waals surface area contributed by atoms with E-state index in [0.29, 0.717) is 0 Å². The Kier molecular flexibility index (Phi) is 9.04. The molecule has 4 aromatic rings. The molecule has 161 valence electrons. The van der Waals surface area contributed by atoms with E-state index >= 15 is 0 Å². The topological polar surface area (TPSA) is 11.3 Å². The fourth-order valence-corrected chi connectivity index (χ4v) is 2.89. The average molecular weight is 533 g/mol. The minimum atomic E-state index is -2.61. The van der Waals surface area contributed by atoms with Crippen molar-refractivity contribution in [1.29, 1.82) is 0 Å². The first-order chi connectivity index (χ1) is 14.9. The molecular formula is C25H19Cl4FeO. The zero-order chi connectivity index (χ0) is 22.1. The summed E-state index contributed by atoms with van der Waals surface area (Å²) in [5.41, 5.74) is 4.53. The molecule has 0 spiro atoms. The van der Waals surface area contributed by atoms with Crippen LogP contribution in [-0.4, -0.2) is 0 Å². The Balaban J connectivity index is 0.000000491. The van der Waals surface area contributed by atoms with Gasteiger partial charge in [-0.1, -0.05) is 78.9 Å². The van der Waals surface area contributed by atoms with Crippen molar-refractivity contribution in [1.82, 2.24) is 0 Å². The monoisotopic (exact) mass is 531 g/mol. The van der Waals surface area contributed by atoms with E-state index in [4.69, 9.17) is 44.8 Å². The van der Waals surface area contributed by atoms with E-state index in [1.54, 1.807) is 0 Å². The molecule has 1 heterocycles. The second-order valence-electron chi connectivity index (χ2n) is 6.39. The molecule has 0 atom stereocenters. The molecule has 1 aromatic heterocycles. The number of hydrogen-bond acceptors (Lipinski definition) is 0.